The first-order valence-corrected chi connectivity index (χ1v) is 17.4. The largest absolute Gasteiger partial charge is 0.488 e. The van der Waals surface area contributed by atoms with Crippen LogP contribution in [-0.4, -0.2) is 106 Å². The predicted octanol–water partition coefficient (Wildman–Crippen LogP) is 4.72. The van der Waals surface area contributed by atoms with Gasteiger partial charge in [-0.2, -0.15) is 0 Å². The maximum atomic E-state index is 11.9. The number of rotatable bonds is 18. The van der Waals surface area contributed by atoms with Crippen molar-refractivity contribution in [2.24, 2.45) is 4.99 Å². The highest BCUT2D eigenvalue weighted by Crippen LogP contribution is 2.43. The SMILES string of the molecule is CC/N=c1\ccc2c(-c3ccc(N(CCO)CC(=O)O)c(OCCOc4cc(C)ccc4N(CCO)CC(=O)O)c3)c3ccc(N(C)C)cc3oc-2c1. The van der Waals surface area contributed by atoms with Crippen LogP contribution in [0.2, 0.25) is 0 Å². The fraction of sp³-hybridized carbons (Fsp3) is 0.325. The zero-order valence-corrected chi connectivity index (χ0v) is 30.4. The Bertz CT molecular complexity index is 2100. The lowest BCUT2D eigenvalue weighted by molar-refractivity contribution is -0.136. The highest BCUT2D eigenvalue weighted by Gasteiger charge is 2.22. The first kappa shape index (κ1) is 38.4. The van der Waals surface area contributed by atoms with Crippen molar-refractivity contribution >= 4 is 40.0 Å². The van der Waals surface area contributed by atoms with Crippen molar-refractivity contribution in [1.82, 2.24) is 0 Å². The standard InChI is InChI=1S/C40H46N4O9/c1-5-41-28-8-10-30-34(22-28)53-35-23-29(42(3)4)9-11-31(35)40(30)27-7-13-33(44(15-17-46)25-39(49)50)37(21-27)52-19-18-51-36-20-26(2)6-12-32(36)43(14-16-45)24-38(47)48/h6-13,20-23,45-46H,5,14-19,24-25H2,1-4H3,(H,47,48)(H,49,50)/b41-28+. The number of ether oxygens (including phenoxy) is 2. The van der Waals surface area contributed by atoms with E-state index in [2.05, 4.69) is 4.99 Å². The number of carboxylic acids is 2. The Morgan fingerprint density at radius 3 is 1.98 bits per heavy atom. The third kappa shape index (κ3) is 9.36. The molecular weight excluding hydrogens is 680 g/mol. The molecule has 13 nitrogen and oxygen atoms in total. The number of anilines is 3. The van der Waals surface area contributed by atoms with Crippen LogP contribution >= 0.6 is 0 Å². The predicted molar refractivity (Wildman–Crippen MR) is 205 cm³/mol. The van der Waals surface area contributed by atoms with Crippen molar-refractivity contribution in [2.45, 2.75) is 13.8 Å². The van der Waals surface area contributed by atoms with E-state index in [9.17, 15) is 30.0 Å². The molecule has 0 aromatic heterocycles. The van der Waals surface area contributed by atoms with Crippen LogP contribution in [0.1, 0.15) is 12.5 Å². The van der Waals surface area contributed by atoms with Crippen LogP contribution < -0.4 is 29.5 Å². The second-order valence-electron chi connectivity index (χ2n) is 12.6. The summed E-state index contributed by atoms with van der Waals surface area (Å²) in [5, 5.41) is 40.3. The average molecular weight is 727 g/mol. The molecule has 0 spiro atoms. The van der Waals surface area contributed by atoms with Gasteiger partial charge in [0.2, 0.25) is 0 Å². The number of aliphatic hydroxyl groups excluding tert-OH is 2. The summed E-state index contributed by atoms with van der Waals surface area (Å²) in [7, 11) is 3.92. The van der Waals surface area contributed by atoms with Crippen LogP contribution in [0, 0.1) is 6.92 Å². The topological polar surface area (TPSA) is 169 Å². The molecule has 4 N–H and O–H groups in total. The fourth-order valence-corrected chi connectivity index (χ4v) is 6.22. The molecule has 0 unspecified atom stereocenters. The number of hydrogen-bond acceptors (Lipinski definition) is 11. The van der Waals surface area contributed by atoms with E-state index in [0.29, 0.717) is 40.8 Å². The lowest BCUT2D eigenvalue weighted by atomic mass is 9.93. The molecule has 0 radical (unpaired) electrons. The minimum absolute atomic E-state index is 0.0441. The van der Waals surface area contributed by atoms with Gasteiger partial charge >= 0.3 is 11.9 Å². The van der Waals surface area contributed by atoms with Gasteiger partial charge in [-0.15, -0.1) is 0 Å². The smallest absolute Gasteiger partial charge is 0.323 e. The number of hydrogen-bond donors (Lipinski definition) is 4. The Morgan fingerprint density at radius 2 is 1.40 bits per heavy atom. The third-order valence-corrected chi connectivity index (χ3v) is 8.58. The molecule has 0 bridgehead atoms. The molecule has 1 heterocycles. The Kier molecular flexibility index (Phi) is 12.8. The molecule has 5 rings (SSSR count). The van der Waals surface area contributed by atoms with Crippen LogP contribution in [0.5, 0.6) is 11.5 Å². The normalized spacial score (nSPS) is 11.5. The maximum absolute atomic E-state index is 11.9. The van der Waals surface area contributed by atoms with Gasteiger partial charge in [-0.3, -0.25) is 14.6 Å². The lowest BCUT2D eigenvalue weighted by Crippen LogP contribution is -2.33. The van der Waals surface area contributed by atoms with E-state index in [1.54, 1.807) is 18.2 Å². The summed E-state index contributed by atoms with van der Waals surface area (Å²) in [5.41, 5.74) is 6.07. The quantitative estimate of drug-likeness (QED) is 0.0726. The molecule has 3 aromatic carbocycles. The van der Waals surface area contributed by atoms with Gasteiger partial charge in [0.25, 0.3) is 0 Å². The molecule has 13 heteroatoms. The number of benzene rings is 4. The highest BCUT2D eigenvalue weighted by molar-refractivity contribution is 6.03. The van der Waals surface area contributed by atoms with Crippen LogP contribution in [-0.2, 0) is 9.59 Å². The molecule has 2 aliphatic rings. The van der Waals surface area contributed by atoms with Gasteiger partial charge in [0.1, 0.15) is 49.1 Å². The highest BCUT2D eigenvalue weighted by atomic mass is 16.5. The third-order valence-electron chi connectivity index (χ3n) is 8.58. The number of carbonyl (C=O) groups is 2. The first-order chi connectivity index (χ1) is 25.5. The Hall–Kier alpha value is -5.79. The number of aliphatic carboxylic acids is 2. The second-order valence-corrected chi connectivity index (χ2v) is 12.6. The van der Waals surface area contributed by atoms with Crippen molar-refractivity contribution in [3.05, 3.63) is 83.7 Å². The summed E-state index contributed by atoms with van der Waals surface area (Å²) in [6.07, 6.45) is 0. The molecule has 0 amide bonds. The fourth-order valence-electron chi connectivity index (χ4n) is 6.22. The van der Waals surface area contributed by atoms with E-state index in [-0.39, 0.29) is 52.6 Å². The van der Waals surface area contributed by atoms with Crippen molar-refractivity contribution < 1.29 is 43.9 Å². The molecule has 0 saturated heterocycles. The van der Waals surface area contributed by atoms with Gasteiger partial charge in [0, 0.05) is 68.1 Å². The summed E-state index contributed by atoms with van der Waals surface area (Å²) < 4.78 is 19.0. The molecule has 0 saturated carbocycles. The minimum Gasteiger partial charge on any atom is -0.488 e. The van der Waals surface area contributed by atoms with Crippen LogP contribution in [0.15, 0.2) is 82.2 Å². The van der Waals surface area contributed by atoms with Gasteiger partial charge in [-0.05, 0) is 73.5 Å². The minimum atomic E-state index is -1.07. The Labute approximate surface area is 307 Å². The second kappa shape index (κ2) is 17.6. The molecule has 1 aliphatic carbocycles. The average Bonchev–Trinajstić information content (AvgIpc) is 3.11. The van der Waals surface area contributed by atoms with E-state index < -0.39 is 11.9 Å². The van der Waals surface area contributed by atoms with Crippen LogP contribution in [0.25, 0.3) is 33.4 Å². The summed E-state index contributed by atoms with van der Waals surface area (Å²) in [6.45, 7) is 3.55. The number of carboxylic acid groups (broad SMARTS) is 2. The van der Waals surface area contributed by atoms with Gasteiger partial charge in [0.05, 0.1) is 29.9 Å². The van der Waals surface area contributed by atoms with Crippen molar-refractivity contribution in [3.8, 4) is 33.9 Å². The summed E-state index contributed by atoms with van der Waals surface area (Å²) in [5.74, 6) is -0.649. The zero-order valence-electron chi connectivity index (χ0n) is 30.4. The molecule has 0 atom stereocenters. The molecular formula is C40H46N4O9. The van der Waals surface area contributed by atoms with E-state index in [4.69, 9.17) is 13.9 Å². The van der Waals surface area contributed by atoms with Crippen molar-refractivity contribution in [2.75, 3.05) is 87.9 Å². The first-order valence-electron chi connectivity index (χ1n) is 17.4. The monoisotopic (exact) mass is 726 g/mol. The Balaban J connectivity index is 1.57. The van der Waals surface area contributed by atoms with Crippen LogP contribution in [0.3, 0.4) is 0 Å². The zero-order chi connectivity index (χ0) is 38.1. The number of nitrogens with zero attached hydrogens (tertiary/aromatic N) is 4. The number of fused-ring (bicyclic) bond motifs is 2. The van der Waals surface area contributed by atoms with Crippen molar-refractivity contribution in [1.29, 1.82) is 0 Å². The molecule has 1 aliphatic heterocycles. The van der Waals surface area contributed by atoms with Gasteiger partial charge in [0.15, 0.2) is 0 Å². The molecule has 0 fully saturated rings. The van der Waals surface area contributed by atoms with Crippen molar-refractivity contribution in [3.63, 3.8) is 0 Å². The summed E-state index contributed by atoms with van der Waals surface area (Å²) in [4.78, 5) is 33.1. The van der Waals surface area contributed by atoms with E-state index >= 15 is 0 Å². The lowest BCUT2D eigenvalue weighted by Gasteiger charge is -2.26. The van der Waals surface area contributed by atoms with Gasteiger partial charge < -0.3 is 49.0 Å². The van der Waals surface area contributed by atoms with Crippen LogP contribution in [0.4, 0.5) is 17.1 Å². The summed E-state index contributed by atoms with van der Waals surface area (Å²) in [6, 6.07) is 22.8. The van der Waals surface area contributed by atoms with Gasteiger partial charge in [-0.25, -0.2) is 0 Å². The van der Waals surface area contributed by atoms with Gasteiger partial charge in [-0.1, -0.05) is 12.1 Å². The molecule has 280 valence electrons. The molecule has 53 heavy (non-hydrogen) atoms. The Morgan fingerprint density at radius 1 is 0.774 bits per heavy atom. The van der Waals surface area contributed by atoms with E-state index in [0.717, 1.165) is 38.7 Å². The summed E-state index contributed by atoms with van der Waals surface area (Å²) >= 11 is 0. The van der Waals surface area contributed by atoms with E-state index in [1.165, 1.54) is 9.80 Å². The number of aryl methyl sites for hydroxylation is 1. The maximum Gasteiger partial charge on any atom is 0.323 e. The number of aliphatic hydroxyl groups is 2. The van der Waals surface area contributed by atoms with E-state index in [1.807, 2.05) is 87.4 Å². The molecule has 3 aromatic rings.